The maximum Gasteiger partial charge on any atom is 0.341 e. The Bertz CT molecular complexity index is 948. The molecule has 0 radical (unpaired) electrons. The van der Waals surface area contributed by atoms with Crippen molar-refractivity contribution >= 4 is 28.2 Å². The molecule has 1 amide bonds. The zero-order valence-corrected chi connectivity index (χ0v) is 16.0. The van der Waals surface area contributed by atoms with E-state index in [4.69, 9.17) is 4.74 Å². The third-order valence-electron chi connectivity index (χ3n) is 4.01. The lowest BCUT2D eigenvalue weighted by Gasteiger charge is -2.08. The van der Waals surface area contributed by atoms with Gasteiger partial charge in [-0.2, -0.15) is 0 Å². The number of tetrazole rings is 1. The molecule has 2 aromatic heterocycles. The number of amides is 1. The molecule has 0 saturated heterocycles. The fourth-order valence-corrected chi connectivity index (χ4v) is 3.86. The molecule has 140 valence electrons. The molecular formula is C18H19N5O3S. The van der Waals surface area contributed by atoms with Crippen molar-refractivity contribution in [2.24, 2.45) is 0 Å². The molecule has 2 heterocycles. The van der Waals surface area contributed by atoms with E-state index in [2.05, 4.69) is 20.8 Å². The van der Waals surface area contributed by atoms with Crippen LogP contribution < -0.4 is 5.32 Å². The fourth-order valence-electron chi connectivity index (χ4n) is 2.73. The maximum absolute atomic E-state index is 12.6. The molecule has 8 nitrogen and oxygen atoms in total. The lowest BCUT2D eigenvalue weighted by Crippen LogP contribution is -2.15. The Labute approximate surface area is 160 Å². The molecule has 0 bridgehead atoms. The van der Waals surface area contributed by atoms with Gasteiger partial charge in [-0.05, 0) is 60.5 Å². The number of hydrogen-bond donors (Lipinski definition) is 1. The molecule has 0 aliphatic carbocycles. The fraction of sp³-hybridized carbons (Fsp3) is 0.278. The van der Waals surface area contributed by atoms with Gasteiger partial charge in [-0.15, -0.1) is 16.4 Å². The highest BCUT2D eigenvalue weighted by molar-refractivity contribution is 7.16. The largest absolute Gasteiger partial charge is 0.462 e. The van der Waals surface area contributed by atoms with Crippen molar-refractivity contribution < 1.29 is 14.3 Å². The summed E-state index contributed by atoms with van der Waals surface area (Å²) in [6, 6.07) is 6.85. The third-order valence-corrected chi connectivity index (χ3v) is 5.08. The van der Waals surface area contributed by atoms with E-state index in [-0.39, 0.29) is 12.5 Å². The van der Waals surface area contributed by atoms with Gasteiger partial charge in [0.2, 0.25) is 0 Å². The molecule has 0 saturated carbocycles. The van der Waals surface area contributed by atoms with Crippen LogP contribution >= 0.6 is 11.3 Å². The number of nitrogens with one attached hydrogen (secondary N) is 1. The third kappa shape index (κ3) is 3.87. The standard InChI is InChI=1S/C18H19N5O3S/c1-4-14-11(3)27-17(15(14)18(25)26-5-2)20-16(24)12-6-8-13(9-7-12)23-10-19-21-22-23/h6-10H,4-5H2,1-3H3,(H,20,24). The quantitative estimate of drug-likeness (QED) is 0.655. The van der Waals surface area contributed by atoms with Crippen LogP contribution in [-0.2, 0) is 11.2 Å². The highest BCUT2D eigenvalue weighted by Gasteiger charge is 2.23. The van der Waals surface area contributed by atoms with E-state index in [9.17, 15) is 9.59 Å². The number of carbonyl (C=O) groups is 2. The minimum absolute atomic E-state index is 0.281. The number of aromatic nitrogens is 4. The van der Waals surface area contributed by atoms with Crippen molar-refractivity contribution in [2.45, 2.75) is 27.2 Å². The van der Waals surface area contributed by atoms with Gasteiger partial charge in [0.05, 0.1) is 17.9 Å². The van der Waals surface area contributed by atoms with Gasteiger partial charge in [-0.1, -0.05) is 6.92 Å². The Kier molecular flexibility index (Phi) is 5.60. The van der Waals surface area contributed by atoms with Crippen LogP contribution in [0.2, 0.25) is 0 Å². The second-order valence-electron chi connectivity index (χ2n) is 5.67. The second-order valence-corrected chi connectivity index (χ2v) is 6.90. The number of ether oxygens (including phenoxy) is 1. The number of thiophene rings is 1. The molecule has 9 heteroatoms. The molecule has 3 aromatic rings. The zero-order valence-electron chi connectivity index (χ0n) is 15.2. The highest BCUT2D eigenvalue weighted by atomic mass is 32.1. The normalized spacial score (nSPS) is 10.6. The molecule has 1 aromatic carbocycles. The van der Waals surface area contributed by atoms with Crippen molar-refractivity contribution in [3.8, 4) is 5.69 Å². The van der Waals surface area contributed by atoms with Gasteiger partial charge in [-0.25, -0.2) is 9.48 Å². The number of anilines is 1. The average Bonchev–Trinajstić information content (AvgIpc) is 3.29. The SMILES string of the molecule is CCOC(=O)c1c(NC(=O)c2ccc(-n3cnnn3)cc2)sc(C)c1CC. The summed E-state index contributed by atoms with van der Waals surface area (Å²) in [4.78, 5) is 26.0. The van der Waals surface area contributed by atoms with Gasteiger partial charge < -0.3 is 10.1 Å². The van der Waals surface area contributed by atoms with Crippen LogP contribution in [0, 0.1) is 6.92 Å². The summed E-state index contributed by atoms with van der Waals surface area (Å²) in [6.45, 7) is 5.94. The van der Waals surface area contributed by atoms with Crippen LogP contribution in [0.15, 0.2) is 30.6 Å². The van der Waals surface area contributed by atoms with Crippen LogP contribution in [0.4, 0.5) is 5.00 Å². The van der Waals surface area contributed by atoms with Gasteiger partial charge in [0.1, 0.15) is 11.3 Å². The van der Waals surface area contributed by atoms with Gasteiger partial charge in [0, 0.05) is 10.4 Å². The summed E-state index contributed by atoms with van der Waals surface area (Å²) >= 11 is 1.38. The predicted molar refractivity (Wildman–Crippen MR) is 101 cm³/mol. The zero-order chi connectivity index (χ0) is 19.4. The molecule has 0 aliphatic heterocycles. The van der Waals surface area contributed by atoms with Crippen LogP contribution in [0.5, 0.6) is 0 Å². The molecular weight excluding hydrogens is 366 g/mol. The van der Waals surface area contributed by atoms with E-state index < -0.39 is 5.97 Å². The first kappa shape index (κ1) is 18.7. The first-order valence-electron chi connectivity index (χ1n) is 8.49. The summed E-state index contributed by atoms with van der Waals surface area (Å²) in [5, 5.41) is 14.3. The summed E-state index contributed by atoms with van der Waals surface area (Å²) in [7, 11) is 0. The summed E-state index contributed by atoms with van der Waals surface area (Å²) < 4.78 is 6.66. The first-order chi connectivity index (χ1) is 13.0. The highest BCUT2D eigenvalue weighted by Crippen LogP contribution is 2.34. The smallest absolute Gasteiger partial charge is 0.341 e. The number of aryl methyl sites for hydroxylation is 1. The van der Waals surface area contributed by atoms with Gasteiger partial charge in [0.25, 0.3) is 5.91 Å². The minimum atomic E-state index is -0.414. The summed E-state index contributed by atoms with van der Waals surface area (Å²) in [6.07, 6.45) is 2.16. The van der Waals surface area contributed by atoms with Gasteiger partial charge in [0.15, 0.2) is 0 Å². The molecule has 3 rings (SSSR count). The lowest BCUT2D eigenvalue weighted by molar-refractivity contribution is 0.0527. The van der Waals surface area contributed by atoms with E-state index in [1.807, 2.05) is 13.8 Å². The van der Waals surface area contributed by atoms with Crippen LogP contribution in [0.3, 0.4) is 0 Å². The average molecular weight is 385 g/mol. The van der Waals surface area contributed by atoms with E-state index in [0.29, 0.717) is 22.5 Å². The first-order valence-corrected chi connectivity index (χ1v) is 9.30. The van der Waals surface area contributed by atoms with Crippen molar-refractivity contribution in [1.82, 2.24) is 20.2 Å². The minimum Gasteiger partial charge on any atom is -0.462 e. The molecule has 1 N–H and O–H groups in total. The number of carbonyl (C=O) groups excluding carboxylic acids is 2. The number of nitrogens with zero attached hydrogens (tertiary/aromatic N) is 4. The Morgan fingerprint density at radius 1 is 1.22 bits per heavy atom. The van der Waals surface area contributed by atoms with Crippen molar-refractivity contribution in [3.05, 3.63) is 52.2 Å². The van der Waals surface area contributed by atoms with Gasteiger partial charge >= 0.3 is 5.97 Å². The lowest BCUT2D eigenvalue weighted by atomic mass is 10.1. The number of benzene rings is 1. The molecule has 0 unspecified atom stereocenters. The van der Waals surface area contributed by atoms with E-state index >= 15 is 0 Å². The second kappa shape index (κ2) is 8.09. The van der Waals surface area contributed by atoms with Gasteiger partial charge in [-0.3, -0.25) is 4.79 Å². The van der Waals surface area contributed by atoms with Crippen LogP contribution in [-0.4, -0.2) is 38.7 Å². The molecule has 0 atom stereocenters. The summed E-state index contributed by atoms with van der Waals surface area (Å²) in [5.74, 6) is -0.712. The topological polar surface area (TPSA) is 99.0 Å². The molecule has 0 spiro atoms. The number of hydrogen-bond acceptors (Lipinski definition) is 7. The number of rotatable bonds is 6. The number of esters is 1. The molecule has 0 aliphatic rings. The Hall–Kier alpha value is -3.07. The van der Waals surface area contributed by atoms with Crippen molar-refractivity contribution in [3.63, 3.8) is 0 Å². The van der Waals surface area contributed by atoms with E-state index in [1.165, 1.54) is 22.3 Å². The molecule has 0 fully saturated rings. The van der Waals surface area contributed by atoms with E-state index in [0.717, 1.165) is 16.1 Å². The maximum atomic E-state index is 12.6. The molecule has 27 heavy (non-hydrogen) atoms. The summed E-state index contributed by atoms with van der Waals surface area (Å²) in [5.41, 5.74) is 2.55. The monoisotopic (exact) mass is 385 g/mol. The van der Waals surface area contributed by atoms with Crippen molar-refractivity contribution in [2.75, 3.05) is 11.9 Å². The van der Waals surface area contributed by atoms with Crippen LogP contribution in [0.1, 0.15) is 45.0 Å². The Morgan fingerprint density at radius 2 is 1.96 bits per heavy atom. The predicted octanol–water partition coefficient (Wildman–Crippen LogP) is 3.02. The Morgan fingerprint density at radius 3 is 2.56 bits per heavy atom. The Balaban J connectivity index is 1.84. The van der Waals surface area contributed by atoms with Crippen molar-refractivity contribution in [1.29, 1.82) is 0 Å². The van der Waals surface area contributed by atoms with Crippen LogP contribution in [0.25, 0.3) is 5.69 Å². The van der Waals surface area contributed by atoms with E-state index in [1.54, 1.807) is 31.2 Å².